The second-order valence-corrected chi connectivity index (χ2v) is 10.0. The topological polar surface area (TPSA) is 80.6 Å². The SMILES string of the molecule is COC(=O)c1cc(N2CCC3C(CCN3C(C)=O)C2)c2c(C3CCC3)nn(-c3ccccc3)c2n1. The Labute approximate surface area is 204 Å². The first kappa shape index (κ1) is 22.1. The van der Waals surface area contributed by atoms with Crippen molar-refractivity contribution in [2.45, 2.75) is 51.0 Å². The van der Waals surface area contributed by atoms with Crippen LogP contribution in [-0.2, 0) is 9.53 Å². The van der Waals surface area contributed by atoms with E-state index in [1.807, 2.05) is 46.0 Å². The number of nitrogens with zero attached hydrogens (tertiary/aromatic N) is 5. The largest absolute Gasteiger partial charge is 0.464 e. The van der Waals surface area contributed by atoms with Crippen LogP contribution in [0.25, 0.3) is 16.7 Å². The van der Waals surface area contributed by atoms with E-state index < -0.39 is 5.97 Å². The molecule has 182 valence electrons. The first-order chi connectivity index (χ1) is 17.0. The lowest BCUT2D eigenvalue weighted by molar-refractivity contribution is -0.130. The number of aromatic nitrogens is 3. The highest BCUT2D eigenvalue weighted by Gasteiger charge is 2.40. The summed E-state index contributed by atoms with van der Waals surface area (Å²) in [7, 11) is 1.39. The lowest BCUT2D eigenvalue weighted by Gasteiger charge is -2.39. The summed E-state index contributed by atoms with van der Waals surface area (Å²) in [4.78, 5) is 34.0. The van der Waals surface area contributed by atoms with Crippen molar-refractivity contribution in [2.24, 2.45) is 5.92 Å². The van der Waals surface area contributed by atoms with Gasteiger partial charge in [0.15, 0.2) is 11.3 Å². The lowest BCUT2D eigenvalue weighted by atomic mass is 9.81. The van der Waals surface area contributed by atoms with Crippen molar-refractivity contribution in [3.8, 4) is 5.69 Å². The van der Waals surface area contributed by atoms with Crippen LogP contribution in [0.4, 0.5) is 5.69 Å². The summed E-state index contributed by atoms with van der Waals surface area (Å²) in [5.41, 5.74) is 4.02. The van der Waals surface area contributed by atoms with Gasteiger partial charge >= 0.3 is 5.97 Å². The van der Waals surface area contributed by atoms with Gasteiger partial charge in [-0.05, 0) is 49.8 Å². The summed E-state index contributed by atoms with van der Waals surface area (Å²) in [5.74, 6) is 0.553. The third kappa shape index (κ3) is 3.66. The predicted molar refractivity (Wildman–Crippen MR) is 133 cm³/mol. The van der Waals surface area contributed by atoms with E-state index in [1.165, 1.54) is 13.5 Å². The Bertz CT molecular complexity index is 1280. The maximum atomic E-state index is 12.7. The first-order valence-electron chi connectivity index (χ1n) is 12.6. The predicted octanol–water partition coefficient (Wildman–Crippen LogP) is 3.92. The third-order valence-corrected chi connectivity index (χ3v) is 8.11. The molecule has 1 aromatic carbocycles. The molecule has 6 rings (SSSR count). The van der Waals surface area contributed by atoms with E-state index in [1.54, 1.807) is 6.92 Å². The van der Waals surface area contributed by atoms with Gasteiger partial charge < -0.3 is 14.5 Å². The van der Waals surface area contributed by atoms with Crippen molar-refractivity contribution in [3.05, 3.63) is 47.8 Å². The first-order valence-corrected chi connectivity index (χ1v) is 12.6. The summed E-state index contributed by atoms with van der Waals surface area (Å²) in [6.07, 6.45) is 5.39. The number of methoxy groups -OCH3 is 1. The van der Waals surface area contributed by atoms with Gasteiger partial charge in [0, 0.05) is 38.5 Å². The van der Waals surface area contributed by atoms with Crippen LogP contribution in [0.5, 0.6) is 0 Å². The molecular formula is C27H31N5O3. The van der Waals surface area contributed by atoms with E-state index in [4.69, 9.17) is 14.8 Å². The Hall–Kier alpha value is -3.42. The molecule has 8 nitrogen and oxygen atoms in total. The second-order valence-electron chi connectivity index (χ2n) is 10.0. The molecule has 1 amide bonds. The molecule has 2 aliphatic heterocycles. The van der Waals surface area contributed by atoms with Crippen LogP contribution < -0.4 is 4.90 Å². The number of fused-ring (bicyclic) bond motifs is 2. The van der Waals surface area contributed by atoms with Crippen molar-refractivity contribution in [1.82, 2.24) is 19.7 Å². The minimum Gasteiger partial charge on any atom is -0.464 e. The van der Waals surface area contributed by atoms with Gasteiger partial charge in [-0.3, -0.25) is 4.79 Å². The normalized spacial score (nSPS) is 22.2. The molecule has 0 N–H and O–H groups in total. The zero-order valence-electron chi connectivity index (χ0n) is 20.3. The molecule has 2 saturated heterocycles. The van der Waals surface area contributed by atoms with Gasteiger partial charge in [-0.2, -0.15) is 5.10 Å². The molecule has 3 aliphatic rings. The highest BCUT2D eigenvalue weighted by Crippen LogP contribution is 2.44. The number of carbonyl (C=O) groups excluding carboxylic acids is 2. The summed E-state index contributed by atoms with van der Waals surface area (Å²) < 4.78 is 6.96. The van der Waals surface area contributed by atoms with E-state index in [0.29, 0.717) is 29.2 Å². The van der Waals surface area contributed by atoms with Crippen LogP contribution >= 0.6 is 0 Å². The number of hydrogen-bond acceptors (Lipinski definition) is 6. The maximum Gasteiger partial charge on any atom is 0.356 e. The van der Waals surface area contributed by atoms with Gasteiger partial charge in [-0.25, -0.2) is 14.5 Å². The molecule has 1 aliphatic carbocycles. The summed E-state index contributed by atoms with van der Waals surface area (Å²) in [6.45, 7) is 4.18. The van der Waals surface area contributed by atoms with Gasteiger partial charge in [-0.15, -0.1) is 0 Å². The summed E-state index contributed by atoms with van der Waals surface area (Å²) >= 11 is 0. The van der Waals surface area contributed by atoms with Crippen LogP contribution in [0.3, 0.4) is 0 Å². The van der Waals surface area contributed by atoms with Crippen molar-refractivity contribution in [2.75, 3.05) is 31.6 Å². The number of carbonyl (C=O) groups is 2. The highest BCUT2D eigenvalue weighted by molar-refractivity contribution is 5.99. The molecule has 0 spiro atoms. The quantitative estimate of drug-likeness (QED) is 0.535. The van der Waals surface area contributed by atoms with Gasteiger partial charge in [0.05, 0.1) is 29.6 Å². The fraction of sp³-hybridized carbons (Fsp3) is 0.481. The molecular weight excluding hydrogens is 442 g/mol. The van der Waals surface area contributed by atoms with E-state index in [0.717, 1.165) is 67.8 Å². The molecule has 3 fully saturated rings. The van der Waals surface area contributed by atoms with Crippen molar-refractivity contribution >= 4 is 28.6 Å². The summed E-state index contributed by atoms with van der Waals surface area (Å²) in [6, 6.07) is 12.2. The maximum absolute atomic E-state index is 12.7. The molecule has 1 saturated carbocycles. The number of rotatable bonds is 4. The lowest BCUT2D eigenvalue weighted by Crippen LogP contribution is -2.47. The van der Waals surface area contributed by atoms with Crippen LogP contribution in [0.15, 0.2) is 36.4 Å². The fourth-order valence-electron chi connectivity index (χ4n) is 6.09. The van der Waals surface area contributed by atoms with Gasteiger partial charge in [0.2, 0.25) is 5.91 Å². The second kappa shape index (κ2) is 8.66. The Balaban J connectivity index is 1.50. The number of anilines is 1. The average Bonchev–Trinajstić information content (AvgIpc) is 3.44. The van der Waals surface area contributed by atoms with Crippen LogP contribution in [0.2, 0.25) is 0 Å². The Kier molecular flexibility index (Phi) is 5.46. The van der Waals surface area contributed by atoms with Gasteiger partial charge in [0.25, 0.3) is 0 Å². The molecule has 2 atom stereocenters. The minimum absolute atomic E-state index is 0.168. The van der Waals surface area contributed by atoms with Crippen molar-refractivity contribution < 1.29 is 14.3 Å². The number of para-hydroxylation sites is 1. The zero-order valence-corrected chi connectivity index (χ0v) is 20.3. The van der Waals surface area contributed by atoms with Gasteiger partial charge in [0.1, 0.15) is 0 Å². The standard InChI is InChI=1S/C27H31N5O3/c1-17(33)31-14-11-19-16-30(13-12-22(19)31)23-15-21(27(34)35-2)28-26-24(23)25(18-7-6-8-18)29-32(26)20-9-4-3-5-10-20/h3-5,9-10,15,18-19,22H,6-8,11-14,16H2,1-2H3. The van der Waals surface area contributed by atoms with Crippen LogP contribution in [0, 0.1) is 5.92 Å². The molecule has 0 bridgehead atoms. The number of amides is 1. The van der Waals surface area contributed by atoms with Crippen LogP contribution in [-0.4, -0.2) is 64.3 Å². The average molecular weight is 474 g/mol. The number of esters is 1. The summed E-state index contributed by atoms with van der Waals surface area (Å²) in [5, 5.41) is 6.13. The monoisotopic (exact) mass is 473 g/mol. The third-order valence-electron chi connectivity index (χ3n) is 8.11. The van der Waals surface area contributed by atoms with E-state index in [2.05, 4.69) is 4.90 Å². The Morgan fingerprint density at radius 1 is 1.06 bits per heavy atom. The van der Waals surface area contributed by atoms with Gasteiger partial charge in [-0.1, -0.05) is 24.6 Å². The molecule has 2 aromatic heterocycles. The molecule has 35 heavy (non-hydrogen) atoms. The van der Waals surface area contributed by atoms with E-state index in [9.17, 15) is 9.59 Å². The number of benzene rings is 1. The Morgan fingerprint density at radius 3 is 2.54 bits per heavy atom. The fourth-order valence-corrected chi connectivity index (χ4v) is 6.09. The zero-order chi connectivity index (χ0) is 24.1. The number of pyridine rings is 1. The highest BCUT2D eigenvalue weighted by atomic mass is 16.5. The van der Waals surface area contributed by atoms with Crippen molar-refractivity contribution in [1.29, 1.82) is 0 Å². The van der Waals surface area contributed by atoms with Crippen molar-refractivity contribution in [3.63, 3.8) is 0 Å². The van der Waals surface area contributed by atoms with E-state index >= 15 is 0 Å². The molecule has 4 heterocycles. The molecule has 3 aromatic rings. The molecule has 2 unspecified atom stereocenters. The smallest absolute Gasteiger partial charge is 0.356 e. The Morgan fingerprint density at radius 2 is 1.86 bits per heavy atom. The van der Waals surface area contributed by atoms with E-state index in [-0.39, 0.29) is 5.91 Å². The number of hydrogen-bond donors (Lipinski definition) is 0. The molecule has 0 radical (unpaired) electrons. The number of piperidine rings is 1. The molecule has 8 heteroatoms. The minimum atomic E-state index is -0.447. The number of ether oxygens (including phenoxy) is 1. The number of likely N-dealkylation sites (tertiary alicyclic amines) is 1. The van der Waals surface area contributed by atoms with Crippen LogP contribution in [0.1, 0.15) is 61.1 Å².